The normalized spacial score (nSPS) is 20.0. The lowest BCUT2D eigenvalue weighted by Crippen LogP contribution is -2.49. The number of nitrogens with one attached hydrogen (secondary N) is 1. The third-order valence-electron chi connectivity index (χ3n) is 3.99. The molecule has 1 aromatic carbocycles. The zero-order chi connectivity index (χ0) is 15.2. The first-order valence-corrected chi connectivity index (χ1v) is 7.53. The van der Waals surface area contributed by atoms with Crippen molar-refractivity contribution in [3.05, 3.63) is 24.3 Å². The van der Waals surface area contributed by atoms with Crippen molar-refractivity contribution in [3.8, 4) is 5.75 Å². The number of benzene rings is 1. The van der Waals surface area contributed by atoms with Gasteiger partial charge in [0.25, 0.3) is 0 Å². The van der Waals surface area contributed by atoms with Crippen LogP contribution >= 0.6 is 0 Å². The Morgan fingerprint density at radius 1 is 1.57 bits per heavy atom. The van der Waals surface area contributed by atoms with Gasteiger partial charge < -0.3 is 20.7 Å². The molecule has 0 spiro atoms. The summed E-state index contributed by atoms with van der Waals surface area (Å²) in [5, 5.41) is 3.11. The van der Waals surface area contributed by atoms with Crippen molar-refractivity contribution in [1.29, 1.82) is 0 Å². The largest absolute Gasteiger partial charge is 0.497 e. The van der Waals surface area contributed by atoms with Crippen LogP contribution in [-0.2, 0) is 4.79 Å². The van der Waals surface area contributed by atoms with E-state index in [-0.39, 0.29) is 17.9 Å². The van der Waals surface area contributed by atoms with Crippen LogP contribution < -0.4 is 20.7 Å². The Balaban J connectivity index is 1.98. The van der Waals surface area contributed by atoms with Crippen LogP contribution in [0.15, 0.2) is 24.3 Å². The standard InChI is InChI=1S/C16H25N3O2/c1-12(10-17)16(20)18-13-5-4-8-19(11-13)14-6-3-7-15(9-14)21-2/h3,6-7,9,12-13H,4-5,8,10-11,17H2,1-2H3,(H,18,20). The molecule has 2 unspecified atom stereocenters. The van der Waals surface area contributed by atoms with E-state index in [1.165, 1.54) is 0 Å². The van der Waals surface area contributed by atoms with Gasteiger partial charge in [0.1, 0.15) is 5.75 Å². The van der Waals surface area contributed by atoms with Gasteiger partial charge in [0.15, 0.2) is 0 Å². The zero-order valence-electron chi connectivity index (χ0n) is 12.8. The summed E-state index contributed by atoms with van der Waals surface area (Å²) >= 11 is 0. The second-order valence-electron chi connectivity index (χ2n) is 5.63. The molecule has 5 nitrogen and oxygen atoms in total. The van der Waals surface area contributed by atoms with Crippen LogP contribution in [0.1, 0.15) is 19.8 Å². The molecule has 2 atom stereocenters. The molecule has 0 radical (unpaired) electrons. The van der Waals surface area contributed by atoms with E-state index < -0.39 is 0 Å². The highest BCUT2D eigenvalue weighted by atomic mass is 16.5. The smallest absolute Gasteiger partial charge is 0.224 e. The van der Waals surface area contributed by atoms with Crippen LogP contribution in [0.5, 0.6) is 5.75 Å². The van der Waals surface area contributed by atoms with E-state index in [9.17, 15) is 4.79 Å². The summed E-state index contributed by atoms with van der Waals surface area (Å²) in [7, 11) is 1.67. The Hall–Kier alpha value is -1.75. The molecule has 0 saturated carbocycles. The molecule has 1 saturated heterocycles. The Morgan fingerprint density at radius 3 is 3.10 bits per heavy atom. The number of hydrogen-bond donors (Lipinski definition) is 2. The molecule has 1 heterocycles. The van der Waals surface area contributed by atoms with E-state index in [2.05, 4.69) is 16.3 Å². The van der Waals surface area contributed by atoms with Gasteiger partial charge in [0.05, 0.1) is 7.11 Å². The molecule has 1 aromatic rings. The van der Waals surface area contributed by atoms with Crippen molar-refractivity contribution in [2.45, 2.75) is 25.8 Å². The minimum Gasteiger partial charge on any atom is -0.497 e. The zero-order valence-corrected chi connectivity index (χ0v) is 12.8. The third kappa shape index (κ3) is 4.11. The number of nitrogens with two attached hydrogens (primary N) is 1. The molecule has 1 amide bonds. The monoisotopic (exact) mass is 291 g/mol. The molecule has 5 heteroatoms. The average Bonchev–Trinajstić information content (AvgIpc) is 2.54. The highest BCUT2D eigenvalue weighted by Gasteiger charge is 2.23. The number of hydrogen-bond acceptors (Lipinski definition) is 4. The van der Waals surface area contributed by atoms with Crippen molar-refractivity contribution in [2.24, 2.45) is 11.7 Å². The number of anilines is 1. The van der Waals surface area contributed by atoms with Crippen molar-refractivity contribution in [2.75, 3.05) is 31.6 Å². The van der Waals surface area contributed by atoms with Gasteiger partial charge in [-0.15, -0.1) is 0 Å². The fraction of sp³-hybridized carbons (Fsp3) is 0.562. The Morgan fingerprint density at radius 2 is 2.38 bits per heavy atom. The quantitative estimate of drug-likeness (QED) is 0.860. The summed E-state index contributed by atoms with van der Waals surface area (Å²) in [5.74, 6) is 0.780. The average molecular weight is 291 g/mol. The molecule has 3 N–H and O–H groups in total. The number of piperidine rings is 1. The highest BCUT2D eigenvalue weighted by Crippen LogP contribution is 2.24. The lowest BCUT2D eigenvalue weighted by molar-refractivity contribution is -0.124. The second kappa shape index (κ2) is 7.31. The second-order valence-corrected chi connectivity index (χ2v) is 5.63. The lowest BCUT2D eigenvalue weighted by Gasteiger charge is -2.35. The van der Waals surface area contributed by atoms with E-state index in [1.807, 2.05) is 25.1 Å². The molecule has 0 aliphatic carbocycles. The van der Waals surface area contributed by atoms with Crippen molar-refractivity contribution in [1.82, 2.24) is 5.32 Å². The number of carbonyl (C=O) groups excluding carboxylic acids is 1. The molecule has 0 bridgehead atoms. The maximum atomic E-state index is 12.0. The van der Waals surface area contributed by atoms with E-state index in [0.717, 1.165) is 37.4 Å². The van der Waals surface area contributed by atoms with E-state index in [0.29, 0.717) is 6.54 Å². The first-order chi connectivity index (χ1) is 10.1. The molecule has 0 aromatic heterocycles. The van der Waals surface area contributed by atoms with Crippen molar-refractivity contribution in [3.63, 3.8) is 0 Å². The number of carbonyl (C=O) groups is 1. The van der Waals surface area contributed by atoms with E-state index >= 15 is 0 Å². The number of methoxy groups -OCH3 is 1. The molecule has 1 aliphatic heterocycles. The third-order valence-corrected chi connectivity index (χ3v) is 3.99. The molecular weight excluding hydrogens is 266 g/mol. The van der Waals surface area contributed by atoms with Crippen molar-refractivity contribution >= 4 is 11.6 Å². The lowest BCUT2D eigenvalue weighted by atomic mass is 10.0. The van der Waals surface area contributed by atoms with Gasteiger partial charge in [-0.25, -0.2) is 0 Å². The van der Waals surface area contributed by atoms with Crippen molar-refractivity contribution < 1.29 is 9.53 Å². The maximum absolute atomic E-state index is 12.0. The van der Waals surface area contributed by atoms with Gasteiger partial charge >= 0.3 is 0 Å². The summed E-state index contributed by atoms with van der Waals surface area (Å²) in [4.78, 5) is 14.3. The highest BCUT2D eigenvalue weighted by molar-refractivity contribution is 5.78. The summed E-state index contributed by atoms with van der Waals surface area (Å²) in [6.45, 7) is 4.08. The predicted molar refractivity (Wildman–Crippen MR) is 84.6 cm³/mol. The molecular formula is C16H25N3O2. The summed E-state index contributed by atoms with van der Waals surface area (Å²) in [6, 6.07) is 8.23. The summed E-state index contributed by atoms with van der Waals surface area (Å²) in [6.07, 6.45) is 2.09. The van der Waals surface area contributed by atoms with Crippen LogP contribution in [0.3, 0.4) is 0 Å². The minimum absolute atomic E-state index is 0.0509. The number of nitrogens with zero attached hydrogens (tertiary/aromatic N) is 1. The SMILES string of the molecule is COc1cccc(N2CCCC(NC(=O)C(C)CN)C2)c1. The number of amides is 1. The molecule has 1 fully saturated rings. The van der Waals surface area contributed by atoms with Crippen LogP contribution in [0.25, 0.3) is 0 Å². The Kier molecular flexibility index (Phi) is 5.44. The van der Waals surface area contributed by atoms with Gasteiger partial charge in [-0.3, -0.25) is 4.79 Å². The van der Waals surface area contributed by atoms with Crippen LogP contribution in [-0.4, -0.2) is 38.7 Å². The van der Waals surface area contributed by atoms with Crippen LogP contribution in [0.4, 0.5) is 5.69 Å². The fourth-order valence-corrected chi connectivity index (χ4v) is 2.59. The fourth-order valence-electron chi connectivity index (χ4n) is 2.59. The van der Waals surface area contributed by atoms with Gasteiger partial charge in [0, 0.05) is 43.3 Å². The van der Waals surface area contributed by atoms with Crippen LogP contribution in [0, 0.1) is 5.92 Å². The first kappa shape index (κ1) is 15.6. The first-order valence-electron chi connectivity index (χ1n) is 7.53. The molecule has 1 aliphatic rings. The van der Waals surface area contributed by atoms with Crippen LogP contribution in [0.2, 0.25) is 0 Å². The molecule has 116 valence electrons. The minimum atomic E-state index is -0.128. The summed E-state index contributed by atoms with van der Waals surface area (Å²) in [5.41, 5.74) is 6.68. The van der Waals surface area contributed by atoms with E-state index in [1.54, 1.807) is 7.11 Å². The van der Waals surface area contributed by atoms with Gasteiger partial charge in [-0.1, -0.05) is 13.0 Å². The topological polar surface area (TPSA) is 67.6 Å². The number of ether oxygens (including phenoxy) is 1. The maximum Gasteiger partial charge on any atom is 0.224 e. The van der Waals surface area contributed by atoms with E-state index in [4.69, 9.17) is 10.5 Å². The molecule has 2 rings (SSSR count). The molecule has 21 heavy (non-hydrogen) atoms. The Bertz CT molecular complexity index is 478. The summed E-state index contributed by atoms with van der Waals surface area (Å²) < 4.78 is 5.27. The van der Waals surface area contributed by atoms with Gasteiger partial charge in [-0.2, -0.15) is 0 Å². The predicted octanol–water partition coefficient (Wildman–Crippen LogP) is 1.37. The Labute approximate surface area is 126 Å². The van der Waals surface area contributed by atoms with Gasteiger partial charge in [0.2, 0.25) is 5.91 Å². The van der Waals surface area contributed by atoms with Gasteiger partial charge in [-0.05, 0) is 25.0 Å². The number of rotatable bonds is 5.